The van der Waals surface area contributed by atoms with E-state index in [9.17, 15) is 19.7 Å². The van der Waals surface area contributed by atoms with Gasteiger partial charge in [0.15, 0.2) is 0 Å². The first-order valence-corrected chi connectivity index (χ1v) is 15.6. The minimum absolute atomic E-state index is 0.0640. The van der Waals surface area contributed by atoms with Crippen LogP contribution in [0.2, 0.25) is 0 Å². The molecule has 0 unspecified atom stereocenters. The van der Waals surface area contributed by atoms with Crippen molar-refractivity contribution in [1.82, 2.24) is 9.97 Å². The van der Waals surface area contributed by atoms with Crippen molar-refractivity contribution < 1.29 is 14.5 Å². The summed E-state index contributed by atoms with van der Waals surface area (Å²) < 4.78 is 0. The van der Waals surface area contributed by atoms with Gasteiger partial charge in [-0.05, 0) is 62.4 Å². The molecule has 7 rings (SSSR count). The van der Waals surface area contributed by atoms with E-state index in [1.54, 1.807) is 24.3 Å². The number of hydrogen-bond acceptors (Lipinski definition) is 6. The molecule has 0 aliphatic rings. The van der Waals surface area contributed by atoms with Crippen LogP contribution < -0.4 is 10.6 Å². The molecular weight excluding hydrogens is 614 g/mol. The molecule has 0 saturated heterocycles. The quantitative estimate of drug-likeness (QED) is 0.132. The van der Waals surface area contributed by atoms with Gasteiger partial charge in [-0.3, -0.25) is 19.7 Å². The number of rotatable bonds is 7. The molecular formula is C40H29N5O4. The summed E-state index contributed by atoms with van der Waals surface area (Å²) in [6.07, 6.45) is 0. The normalized spacial score (nSPS) is 11.0. The Kier molecular flexibility index (Phi) is 8.07. The average molecular weight is 644 g/mol. The van der Waals surface area contributed by atoms with Gasteiger partial charge < -0.3 is 10.6 Å². The number of amides is 2. The molecule has 9 nitrogen and oxygen atoms in total. The van der Waals surface area contributed by atoms with E-state index in [1.165, 1.54) is 18.2 Å². The molecule has 0 bridgehead atoms. The summed E-state index contributed by atoms with van der Waals surface area (Å²) in [5, 5.41) is 18.9. The van der Waals surface area contributed by atoms with Crippen LogP contribution in [0.1, 0.15) is 31.8 Å². The van der Waals surface area contributed by atoms with E-state index >= 15 is 0 Å². The van der Waals surface area contributed by atoms with Gasteiger partial charge in [0.2, 0.25) is 0 Å². The number of carbonyl (C=O) groups excluding carboxylic acids is 2. The number of hydrogen-bond donors (Lipinski definition) is 2. The Hall–Kier alpha value is -6.74. The van der Waals surface area contributed by atoms with Gasteiger partial charge >= 0.3 is 0 Å². The van der Waals surface area contributed by atoms with Crippen molar-refractivity contribution in [2.45, 2.75) is 13.8 Å². The van der Waals surface area contributed by atoms with E-state index in [0.717, 1.165) is 22.3 Å². The fraction of sp³-hybridized carbons (Fsp3) is 0.0500. The van der Waals surface area contributed by atoms with Crippen molar-refractivity contribution in [3.8, 4) is 22.5 Å². The van der Waals surface area contributed by atoms with Gasteiger partial charge in [-0.25, -0.2) is 9.97 Å². The standard InChI is InChI=1S/C40H29N5O4/c1-24-9-7-11-26(19-24)35-22-31(29-13-3-5-15-33(29)42-35)39(46)41-28-17-18-38(45(48)49)37(21-28)44-40(47)32-23-36(27-12-8-10-25(2)20-27)43-34-16-6-4-14-30(32)34/h3-23H,1-2H3,(H,41,46)(H,44,47). The maximum absolute atomic E-state index is 13.9. The number of anilines is 2. The zero-order valence-corrected chi connectivity index (χ0v) is 26.6. The maximum atomic E-state index is 13.9. The number of nitro benzene ring substituents is 1. The number of nitrogens with zero attached hydrogens (tertiary/aromatic N) is 3. The number of pyridine rings is 2. The van der Waals surface area contributed by atoms with Crippen LogP contribution in [0, 0.1) is 24.0 Å². The second kappa shape index (κ2) is 12.8. The third kappa shape index (κ3) is 6.33. The number of fused-ring (bicyclic) bond motifs is 2. The molecule has 0 aliphatic carbocycles. The molecule has 0 atom stereocenters. The Bertz CT molecular complexity index is 2460. The Morgan fingerprint density at radius 2 is 1.10 bits per heavy atom. The number of aromatic nitrogens is 2. The molecule has 2 aromatic heterocycles. The number of carbonyl (C=O) groups is 2. The number of para-hydroxylation sites is 2. The molecule has 2 heterocycles. The number of benzene rings is 5. The predicted octanol–water partition coefficient (Wildman–Crippen LogP) is 9.15. The van der Waals surface area contributed by atoms with Gasteiger partial charge in [0.05, 0.1) is 38.5 Å². The summed E-state index contributed by atoms with van der Waals surface area (Å²) >= 11 is 0. The van der Waals surface area contributed by atoms with Gasteiger partial charge in [-0.1, -0.05) is 83.9 Å². The lowest BCUT2D eigenvalue weighted by Crippen LogP contribution is -2.16. The zero-order chi connectivity index (χ0) is 34.1. The molecule has 0 radical (unpaired) electrons. The number of aryl methyl sites for hydroxylation is 2. The van der Waals surface area contributed by atoms with Crippen molar-refractivity contribution in [3.05, 3.63) is 160 Å². The minimum Gasteiger partial charge on any atom is -0.322 e. The second-order valence-electron chi connectivity index (χ2n) is 11.8. The van der Waals surface area contributed by atoms with Crippen LogP contribution in [0.3, 0.4) is 0 Å². The fourth-order valence-electron chi connectivity index (χ4n) is 5.89. The molecule has 2 N–H and O–H groups in total. The van der Waals surface area contributed by atoms with E-state index in [4.69, 9.17) is 9.97 Å². The van der Waals surface area contributed by atoms with Crippen molar-refractivity contribution in [2.75, 3.05) is 10.6 Å². The van der Waals surface area contributed by atoms with E-state index < -0.39 is 16.7 Å². The van der Waals surface area contributed by atoms with Gasteiger partial charge in [0.1, 0.15) is 5.69 Å². The molecule has 0 aliphatic heterocycles. The topological polar surface area (TPSA) is 127 Å². The summed E-state index contributed by atoms with van der Waals surface area (Å²) in [7, 11) is 0. The van der Waals surface area contributed by atoms with Crippen molar-refractivity contribution in [1.29, 1.82) is 0 Å². The fourth-order valence-corrected chi connectivity index (χ4v) is 5.89. The van der Waals surface area contributed by atoms with Crippen LogP contribution in [-0.2, 0) is 0 Å². The first-order valence-electron chi connectivity index (χ1n) is 15.6. The zero-order valence-electron chi connectivity index (χ0n) is 26.6. The van der Waals surface area contributed by atoms with Crippen molar-refractivity contribution in [3.63, 3.8) is 0 Å². The molecule has 5 aromatic carbocycles. The van der Waals surface area contributed by atoms with Crippen LogP contribution in [-0.4, -0.2) is 26.7 Å². The lowest BCUT2D eigenvalue weighted by molar-refractivity contribution is -0.383. The first-order chi connectivity index (χ1) is 23.7. The van der Waals surface area contributed by atoms with E-state index in [-0.39, 0.29) is 17.1 Å². The summed E-state index contributed by atoms with van der Waals surface area (Å²) in [6.45, 7) is 3.96. The van der Waals surface area contributed by atoms with E-state index in [0.29, 0.717) is 44.3 Å². The smallest absolute Gasteiger partial charge is 0.292 e. The van der Waals surface area contributed by atoms with Gasteiger partial charge in [-0.15, -0.1) is 0 Å². The molecule has 0 spiro atoms. The largest absolute Gasteiger partial charge is 0.322 e. The highest BCUT2D eigenvalue weighted by molar-refractivity contribution is 6.15. The molecule has 49 heavy (non-hydrogen) atoms. The van der Waals surface area contributed by atoms with E-state index in [1.807, 2.05) is 98.8 Å². The maximum Gasteiger partial charge on any atom is 0.292 e. The van der Waals surface area contributed by atoms with Crippen molar-refractivity contribution in [2.24, 2.45) is 0 Å². The lowest BCUT2D eigenvalue weighted by atomic mass is 10.0. The monoisotopic (exact) mass is 643 g/mol. The predicted molar refractivity (Wildman–Crippen MR) is 193 cm³/mol. The Labute approximate surface area is 281 Å². The van der Waals surface area contributed by atoms with Crippen LogP contribution in [0.5, 0.6) is 0 Å². The average Bonchev–Trinajstić information content (AvgIpc) is 3.10. The lowest BCUT2D eigenvalue weighted by Gasteiger charge is -2.13. The van der Waals surface area contributed by atoms with Crippen molar-refractivity contribution >= 4 is 50.7 Å². The molecule has 238 valence electrons. The van der Waals surface area contributed by atoms with Crippen LogP contribution >= 0.6 is 0 Å². The van der Waals surface area contributed by atoms with Gasteiger partial charge in [0.25, 0.3) is 17.5 Å². The van der Waals surface area contributed by atoms with Crippen LogP contribution in [0.4, 0.5) is 17.1 Å². The SMILES string of the molecule is Cc1cccc(-c2cc(C(=O)Nc3ccc([N+](=O)[O-])c(NC(=O)c4cc(-c5cccc(C)c5)nc5ccccc45)c3)c3ccccc3n2)c1. The Morgan fingerprint density at radius 1 is 0.592 bits per heavy atom. The molecule has 7 aromatic rings. The minimum atomic E-state index is -0.575. The highest BCUT2D eigenvalue weighted by atomic mass is 16.6. The molecule has 2 amide bonds. The second-order valence-corrected chi connectivity index (χ2v) is 11.8. The van der Waals surface area contributed by atoms with Crippen LogP contribution in [0.15, 0.2) is 127 Å². The summed E-state index contributed by atoms with van der Waals surface area (Å²) in [6, 6.07) is 37.8. The highest BCUT2D eigenvalue weighted by Crippen LogP contribution is 2.32. The molecule has 0 fully saturated rings. The Morgan fingerprint density at radius 3 is 1.61 bits per heavy atom. The Balaban J connectivity index is 1.24. The highest BCUT2D eigenvalue weighted by Gasteiger charge is 2.22. The summed E-state index contributed by atoms with van der Waals surface area (Å²) in [5.41, 5.74) is 6.87. The third-order valence-corrected chi connectivity index (χ3v) is 8.25. The molecule has 0 saturated carbocycles. The third-order valence-electron chi connectivity index (χ3n) is 8.25. The number of nitrogens with one attached hydrogen (secondary N) is 2. The number of nitro groups is 1. The first kappa shape index (κ1) is 30.9. The molecule has 9 heteroatoms. The van der Waals surface area contributed by atoms with Gasteiger partial charge in [-0.2, -0.15) is 0 Å². The van der Waals surface area contributed by atoms with Crippen LogP contribution in [0.25, 0.3) is 44.3 Å². The summed E-state index contributed by atoms with van der Waals surface area (Å²) in [4.78, 5) is 48.8. The summed E-state index contributed by atoms with van der Waals surface area (Å²) in [5.74, 6) is -0.983. The van der Waals surface area contributed by atoms with E-state index in [2.05, 4.69) is 10.6 Å². The van der Waals surface area contributed by atoms with Gasteiger partial charge in [0, 0.05) is 33.7 Å².